The molecule has 0 aliphatic heterocycles. The largest absolute Gasteiger partial charge is 0.456 e. The van der Waals surface area contributed by atoms with E-state index in [0.29, 0.717) is 17.5 Å². The van der Waals surface area contributed by atoms with E-state index in [0.717, 1.165) is 55.5 Å². The fourth-order valence-corrected chi connectivity index (χ4v) is 6.38. The van der Waals surface area contributed by atoms with Crippen LogP contribution < -0.4 is 0 Å². The zero-order chi connectivity index (χ0) is 31.2. The average molecular weight is 602 g/mol. The fraction of sp³-hybridized carbons (Fsp3) is 0. The van der Waals surface area contributed by atoms with Crippen molar-refractivity contribution in [3.63, 3.8) is 0 Å². The van der Waals surface area contributed by atoms with Crippen molar-refractivity contribution in [2.45, 2.75) is 0 Å². The van der Waals surface area contributed by atoms with E-state index < -0.39 is 0 Å². The molecule has 2 aromatic heterocycles. The lowest BCUT2D eigenvalue weighted by atomic mass is 9.97. The maximum Gasteiger partial charge on any atom is 0.164 e. The molecule has 2 heterocycles. The highest BCUT2D eigenvalue weighted by atomic mass is 16.3. The van der Waals surface area contributed by atoms with Crippen molar-refractivity contribution in [2.24, 2.45) is 0 Å². The molecule has 0 bridgehead atoms. The summed E-state index contributed by atoms with van der Waals surface area (Å²) in [7, 11) is 0. The number of hydrogen-bond donors (Lipinski definition) is 0. The van der Waals surface area contributed by atoms with Crippen molar-refractivity contribution in [3.8, 4) is 56.4 Å². The minimum Gasteiger partial charge on any atom is -0.456 e. The highest BCUT2D eigenvalue weighted by molar-refractivity contribution is 6.19. The summed E-state index contributed by atoms with van der Waals surface area (Å²) in [6, 6.07) is 56.4. The molecule has 0 unspecified atom stereocenters. The summed E-state index contributed by atoms with van der Waals surface area (Å²) in [4.78, 5) is 14.7. The summed E-state index contributed by atoms with van der Waals surface area (Å²) in [5, 5.41) is 4.72. The van der Waals surface area contributed by atoms with E-state index in [1.807, 2.05) is 60.7 Å². The lowest BCUT2D eigenvalue weighted by Gasteiger charge is -2.10. The van der Waals surface area contributed by atoms with Gasteiger partial charge in [-0.25, -0.2) is 15.0 Å². The molecule has 0 saturated heterocycles. The highest BCUT2D eigenvalue weighted by Crippen LogP contribution is 2.37. The van der Waals surface area contributed by atoms with Crippen molar-refractivity contribution >= 4 is 32.7 Å². The van der Waals surface area contributed by atoms with Gasteiger partial charge in [0.25, 0.3) is 0 Å². The highest BCUT2D eigenvalue weighted by Gasteiger charge is 2.14. The quantitative estimate of drug-likeness (QED) is 0.197. The lowest BCUT2D eigenvalue weighted by Crippen LogP contribution is -2.00. The van der Waals surface area contributed by atoms with Crippen molar-refractivity contribution in [1.82, 2.24) is 15.0 Å². The van der Waals surface area contributed by atoms with Crippen LogP contribution in [-0.4, -0.2) is 15.0 Å². The first-order valence-corrected chi connectivity index (χ1v) is 15.7. The molecule has 0 N–H and O–H groups in total. The maximum atomic E-state index is 6.37. The van der Waals surface area contributed by atoms with Crippen molar-refractivity contribution in [3.05, 3.63) is 164 Å². The molecule has 4 heteroatoms. The van der Waals surface area contributed by atoms with Crippen LogP contribution in [0.25, 0.3) is 89.1 Å². The third kappa shape index (κ3) is 4.93. The number of fused-ring (bicyclic) bond motifs is 5. The number of hydrogen-bond acceptors (Lipinski definition) is 4. The number of furan rings is 1. The van der Waals surface area contributed by atoms with E-state index in [1.54, 1.807) is 0 Å². The van der Waals surface area contributed by atoms with E-state index in [-0.39, 0.29) is 0 Å². The molecule has 9 aromatic rings. The third-order valence-corrected chi connectivity index (χ3v) is 8.71. The van der Waals surface area contributed by atoms with E-state index in [9.17, 15) is 0 Å². The monoisotopic (exact) mass is 601 g/mol. The molecule has 0 atom stereocenters. The summed E-state index contributed by atoms with van der Waals surface area (Å²) < 4.78 is 6.37. The van der Waals surface area contributed by atoms with Crippen LogP contribution in [0.1, 0.15) is 0 Å². The van der Waals surface area contributed by atoms with Gasteiger partial charge in [0.15, 0.2) is 17.5 Å². The van der Waals surface area contributed by atoms with Crippen molar-refractivity contribution in [1.29, 1.82) is 0 Å². The second kappa shape index (κ2) is 11.2. The molecular formula is C43H27N3O. The molecule has 0 saturated carbocycles. The van der Waals surface area contributed by atoms with Gasteiger partial charge in [-0.1, -0.05) is 133 Å². The van der Waals surface area contributed by atoms with Gasteiger partial charge in [-0.3, -0.25) is 0 Å². The molecule has 0 spiro atoms. The second-order valence-corrected chi connectivity index (χ2v) is 11.7. The van der Waals surface area contributed by atoms with Crippen LogP contribution in [0.4, 0.5) is 0 Å². The SMILES string of the molecule is c1ccc(-c2nc(-c3ccccc3)nc(-c3cccc(-c4cccc(-c5ccc6c(c5)oc5ccc7ccccc7c56)c4)c3)n2)cc1. The molecule has 9 rings (SSSR count). The lowest BCUT2D eigenvalue weighted by molar-refractivity contribution is 0.669. The zero-order valence-corrected chi connectivity index (χ0v) is 25.3. The molecule has 0 amide bonds. The van der Waals surface area contributed by atoms with Crippen LogP contribution in [-0.2, 0) is 0 Å². The minimum absolute atomic E-state index is 0.638. The zero-order valence-electron chi connectivity index (χ0n) is 25.3. The normalized spacial score (nSPS) is 11.4. The van der Waals surface area contributed by atoms with Crippen LogP contribution in [0.3, 0.4) is 0 Å². The van der Waals surface area contributed by atoms with Crippen LogP contribution >= 0.6 is 0 Å². The van der Waals surface area contributed by atoms with Gasteiger partial charge < -0.3 is 4.42 Å². The van der Waals surface area contributed by atoms with Gasteiger partial charge in [-0.05, 0) is 63.4 Å². The van der Waals surface area contributed by atoms with E-state index in [4.69, 9.17) is 19.4 Å². The van der Waals surface area contributed by atoms with E-state index >= 15 is 0 Å². The number of nitrogens with zero attached hydrogens (tertiary/aromatic N) is 3. The van der Waals surface area contributed by atoms with Crippen LogP contribution in [0.5, 0.6) is 0 Å². The molecule has 0 fully saturated rings. The maximum absolute atomic E-state index is 6.37. The Morgan fingerprint density at radius 2 is 0.830 bits per heavy atom. The topological polar surface area (TPSA) is 51.8 Å². The molecule has 7 aromatic carbocycles. The Labute approximate surface area is 271 Å². The predicted octanol–water partition coefficient (Wildman–Crippen LogP) is 11.3. The van der Waals surface area contributed by atoms with Crippen molar-refractivity contribution < 1.29 is 4.42 Å². The Morgan fingerprint density at radius 1 is 0.319 bits per heavy atom. The first kappa shape index (κ1) is 27.0. The smallest absolute Gasteiger partial charge is 0.164 e. The molecule has 47 heavy (non-hydrogen) atoms. The number of aromatic nitrogens is 3. The molecule has 0 aliphatic carbocycles. The Morgan fingerprint density at radius 3 is 1.49 bits per heavy atom. The van der Waals surface area contributed by atoms with Crippen LogP contribution in [0.15, 0.2) is 168 Å². The number of benzene rings is 7. The van der Waals surface area contributed by atoms with Gasteiger partial charge in [-0.2, -0.15) is 0 Å². The Kier molecular flexibility index (Phi) is 6.43. The Hall–Kier alpha value is -6.39. The average Bonchev–Trinajstić information content (AvgIpc) is 3.54. The van der Waals surface area contributed by atoms with Gasteiger partial charge in [0.1, 0.15) is 11.2 Å². The Balaban J connectivity index is 1.11. The number of rotatable bonds is 5. The molecule has 220 valence electrons. The van der Waals surface area contributed by atoms with E-state index in [2.05, 4.69) is 103 Å². The summed E-state index contributed by atoms with van der Waals surface area (Å²) in [6.45, 7) is 0. The van der Waals surface area contributed by atoms with Crippen LogP contribution in [0.2, 0.25) is 0 Å². The van der Waals surface area contributed by atoms with Gasteiger partial charge in [0.2, 0.25) is 0 Å². The van der Waals surface area contributed by atoms with Gasteiger partial charge in [-0.15, -0.1) is 0 Å². The van der Waals surface area contributed by atoms with Gasteiger partial charge >= 0.3 is 0 Å². The molecule has 0 aliphatic rings. The summed E-state index contributed by atoms with van der Waals surface area (Å²) >= 11 is 0. The fourth-order valence-electron chi connectivity index (χ4n) is 6.38. The molecular weight excluding hydrogens is 574 g/mol. The minimum atomic E-state index is 0.638. The van der Waals surface area contributed by atoms with Crippen LogP contribution in [0, 0.1) is 0 Å². The third-order valence-electron chi connectivity index (χ3n) is 8.71. The van der Waals surface area contributed by atoms with Crippen molar-refractivity contribution in [2.75, 3.05) is 0 Å². The first-order chi connectivity index (χ1) is 23.3. The summed E-state index contributed by atoms with van der Waals surface area (Å²) in [5.41, 5.74) is 9.06. The van der Waals surface area contributed by atoms with Gasteiger partial charge in [0, 0.05) is 27.5 Å². The predicted molar refractivity (Wildman–Crippen MR) is 192 cm³/mol. The molecule has 0 radical (unpaired) electrons. The van der Waals surface area contributed by atoms with E-state index in [1.165, 1.54) is 16.2 Å². The molecule has 4 nitrogen and oxygen atoms in total. The first-order valence-electron chi connectivity index (χ1n) is 15.7. The van der Waals surface area contributed by atoms with Gasteiger partial charge in [0.05, 0.1) is 0 Å². The summed E-state index contributed by atoms with van der Waals surface area (Å²) in [6.07, 6.45) is 0. The second-order valence-electron chi connectivity index (χ2n) is 11.7. The summed E-state index contributed by atoms with van der Waals surface area (Å²) in [5.74, 6) is 1.94. The standard InChI is InChI=1S/C43H27N3O/c1-3-12-29(13-4-1)41-44-42(30-14-5-2-6-15-30)46-43(45-41)35-19-10-18-33(26-35)31-16-9-17-32(25-31)34-21-23-37-39(27-34)47-38-24-22-28-11-7-8-20-36(28)40(37)38/h1-27H. The Bertz CT molecular complexity index is 2510.